The minimum absolute atomic E-state index is 0.113. The minimum atomic E-state index is -1.06. The molecular weight excluding hydrogens is 360 g/mol. The van der Waals surface area contributed by atoms with Crippen molar-refractivity contribution in [2.75, 3.05) is 20.2 Å². The molecule has 3 aromatic rings. The molecule has 7 nitrogen and oxygen atoms in total. The standard InChI is InChI=1S/C21H20N2O5/c1-28-15-5-2-4-13(8-15)10-23-18-7-3-6-16(17(18)9-19(23)21(26)27)20(25)22-11-14(24)12-22/h2-9,14,24H,10-12H2,1H3,(H,26,27). The van der Waals surface area contributed by atoms with Crippen LogP contribution in [0.2, 0.25) is 0 Å². The van der Waals surface area contributed by atoms with Gasteiger partial charge >= 0.3 is 5.97 Å². The second-order valence-corrected chi connectivity index (χ2v) is 6.87. The summed E-state index contributed by atoms with van der Waals surface area (Å²) in [5.74, 6) is -0.568. The van der Waals surface area contributed by atoms with Gasteiger partial charge in [-0.3, -0.25) is 4.79 Å². The van der Waals surface area contributed by atoms with Gasteiger partial charge < -0.3 is 24.4 Å². The van der Waals surface area contributed by atoms with Gasteiger partial charge in [0, 0.05) is 36.1 Å². The van der Waals surface area contributed by atoms with Crippen LogP contribution in [0.4, 0.5) is 0 Å². The Balaban J connectivity index is 1.79. The van der Waals surface area contributed by atoms with E-state index in [1.807, 2.05) is 30.3 Å². The summed E-state index contributed by atoms with van der Waals surface area (Å²) in [5, 5.41) is 19.8. The Bertz CT molecular complexity index is 1070. The van der Waals surface area contributed by atoms with E-state index < -0.39 is 12.1 Å². The number of amides is 1. The number of nitrogens with zero attached hydrogens (tertiary/aromatic N) is 2. The molecular formula is C21H20N2O5. The number of methoxy groups -OCH3 is 1. The van der Waals surface area contributed by atoms with E-state index in [0.29, 0.717) is 41.9 Å². The molecule has 2 heterocycles. The molecule has 0 bridgehead atoms. The zero-order valence-corrected chi connectivity index (χ0v) is 15.3. The van der Waals surface area contributed by atoms with E-state index in [9.17, 15) is 19.8 Å². The number of carboxylic acids is 1. The number of aliphatic hydroxyl groups is 1. The first-order valence-electron chi connectivity index (χ1n) is 8.93. The van der Waals surface area contributed by atoms with Gasteiger partial charge in [0.15, 0.2) is 0 Å². The first kappa shape index (κ1) is 18.1. The molecule has 0 radical (unpaired) electrons. The zero-order valence-electron chi connectivity index (χ0n) is 15.3. The van der Waals surface area contributed by atoms with E-state index in [0.717, 1.165) is 5.56 Å². The molecule has 1 aliphatic rings. The molecule has 1 fully saturated rings. The van der Waals surface area contributed by atoms with Gasteiger partial charge in [-0.25, -0.2) is 4.79 Å². The Hall–Kier alpha value is -3.32. The van der Waals surface area contributed by atoms with Crippen LogP contribution in [0.25, 0.3) is 10.9 Å². The van der Waals surface area contributed by atoms with Crippen LogP contribution in [0.15, 0.2) is 48.5 Å². The Morgan fingerprint density at radius 3 is 2.57 bits per heavy atom. The number of ether oxygens (including phenoxy) is 1. The number of carboxylic acid groups (broad SMARTS) is 1. The maximum absolute atomic E-state index is 12.8. The fourth-order valence-corrected chi connectivity index (χ4v) is 3.56. The molecule has 28 heavy (non-hydrogen) atoms. The summed E-state index contributed by atoms with van der Waals surface area (Å²) < 4.78 is 6.94. The summed E-state index contributed by atoms with van der Waals surface area (Å²) in [6.45, 7) is 0.930. The highest BCUT2D eigenvalue weighted by Crippen LogP contribution is 2.27. The number of carbonyl (C=O) groups is 2. The SMILES string of the molecule is COc1cccc(Cn2c(C(=O)O)cc3c(C(=O)N4CC(O)C4)cccc32)c1. The van der Waals surface area contributed by atoms with Gasteiger partial charge in [-0.1, -0.05) is 18.2 Å². The van der Waals surface area contributed by atoms with Crippen molar-refractivity contribution >= 4 is 22.8 Å². The highest BCUT2D eigenvalue weighted by molar-refractivity contribution is 6.09. The lowest BCUT2D eigenvalue weighted by Crippen LogP contribution is -2.53. The number of likely N-dealkylation sites (tertiary alicyclic amines) is 1. The molecule has 0 saturated carbocycles. The molecule has 144 valence electrons. The molecule has 7 heteroatoms. The Kier molecular flexibility index (Phi) is 4.52. The van der Waals surface area contributed by atoms with Crippen LogP contribution in [0.5, 0.6) is 5.75 Å². The fourth-order valence-electron chi connectivity index (χ4n) is 3.56. The third-order valence-corrected chi connectivity index (χ3v) is 5.02. The molecule has 2 aromatic carbocycles. The first-order valence-corrected chi connectivity index (χ1v) is 8.93. The van der Waals surface area contributed by atoms with Crippen LogP contribution in [0.1, 0.15) is 26.4 Å². The normalized spacial score (nSPS) is 14.1. The predicted octanol–water partition coefficient (Wildman–Crippen LogP) is 2.21. The second kappa shape index (κ2) is 7.01. The van der Waals surface area contributed by atoms with E-state index in [2.05, 4.69) is 0 Å². The number of aromatic carboxylic acids is 1. The van der Waals surface area contributed by atoms with E-state index in [-0.39, 0.29) is 11.6 Å². The number of benzene rings is 2. The molecule has 1 amide bonds. The highest BCUT2D eigenvalue weighted by atomic mass is 16.5. The topological polar surface area (TPSA) is 92.0 Å². The van der Waals surface area contributed by atoms with Crippen molar-refractivity contribution in [2.24, 2.45) is 0 Å². The highest BCUT2D eigenvalue weighted by Gasteiger charge is 2.31. The number of carbonyl (C=O) groups excluding carboxylic acids is 1. The largest absolute Gasteiger partial charge is 0.497 e. The van der Waals surface area contributed by atoms with Gasteiger partial charge in [0.2, 0.25) is 0 Å². The summed E-state index contributed by atoms with van der Waals surface area (Å²) in [4.78, 5) is 26.2. The number of aliphatic hydroxyl groups excluding tert-OH is 1. The van der Waals surface area contributed by atoms with Crippen molar-refractivity contribution in [1.29, 1.82) is 0 Å². The molecule has 0 aliphatic carbocycles. The number of aromatic nitrogens is 1. The van der Waals surface area contributed by atoms with Gasteiger partial charge in [-0.2, -0.15) is 0 Å². The fraction of sp³-hybridized carbons (Fsp3) is 0.238. The van der Waals surface area contributed by atoms with Gasteiger partial charge in [-0.15, -0.1) is 0 Å². The Morgan fingerprint density at radius 2 is 1.89 bits per heavy atom. The van der Waals surface area contributed by atoms with Crippen LogP contribution in [-0.2, 0) is 6.54 Å². The van der Waals surface area contributed by atoms with E-state index in [1.165, 1.54) is 0 Å². The van der Waals surface area contributed by atoms with Crippen LogP contribution < -0.4 is 4.74 Å². The van der Waals surface area contributed by atoms with Crippen LogP contribution >= 0.6 is 0 Å². The smallest absolute Gasteiger partial charge is 0.352 e. The van der Waals surface area contributed by atoms with Gasteiger partial charge in [0.05, 0.1) is 13.2 Å². The lowest BCUT2D eigenvalue weighted by Gasteiger charge is -2.36. The zero-order chi connectivity index (χ0) is 19.8. The molecule has 0 atom stereocenters. The van der Waals surface area contributed by atoms with E-state index in [1.54, 1.807) is 34.8 Å². The van der Waals surface area contributed by atoms with Gasteiger partial charge in [0.25, 0.3) is 5.91 Å². The molecule has 0 spiro atoms. The summed E-state index contributed by atoms with van der Waals surface area (Å²) in [7, 11) is 1.58. The second-order valence-electron chi connectivity index (χ2n) is 6.87. The lowest BCUT2D eigenvalue weighted by atomic mass is 10.1. The van der Waals surface area contributed by atoms with Gasteiger partial charge in [0.1, 0.15) is 11.4 Å². The van der Waals surface area contributed by atoms with Crippen molar-refractivity contribution in [3.8, 4) is 5.75 Å². The number of rotatable bonds is 5. The van der Waals surface area contributed by atoms with E-state index >= 15 is 0 Å². The third kappa shape index (κ3) is 3.10. The van der Waals surface area contributed by atoms with Crippen LogP contribution in [0.3, 0.4) is 0 Å². The molecule has 1 aromatic heterocycles. The summed E-state index contributed by atoms with van der Waals surface area (Å²) in [6.07, 6.45) is -0.490. The molecule has 1 aliphatic heterocycles. The third-order valence-electron chi connectivity index (χ3n) is 5.02. The Labute approximate surface area is 161 Å². The van der Waals surface area contributed by atoms with Crippen LogP contribution in [0, 0.1) is 0 Å². The van der Waals surface area contributed by atoms with Crippen molar-refractivity contribution in [3.05, 3.63) is 65.4 Å². The monoisotopic (exact) mass is 380 g/mol. The maximum Gasteiger partial charge on any atom is 0.352 e. The molecule has 0 unspecified atom stereocenters. The summed E-state index contributed by atoms with van der Waals surface area (Å²) in [5.41, 5.74) is 2.12. The van der Waals surface area contributed by atoms with Crippen molar-refractivity contribution in [1.82, 2.24) is 9.47 Å². The number of fused-ring (bicyclic) bond motifs is 1. The van der Waals surface area contributed by atoms with Crippen molar-refractivity contribution in [2.45, 2.75) is 12.6 Å². The average Bonchev–Trinajstić information content (AvgIpc) is 3.04. The molecule has 1 saturated heterocycles. The predicted molar refractivity (Wildman–Crippen MR) is 103 cm³/mol. The number of hydrogen-bond acceptors (Lipinski definition) is 4. The minimum Gasteiger partial charge on any atom is -0.497 e. The maximum atomic E-state index is 12.8. The summed E-state index contributed by atoms with van der Waals surface area (Å²) >= 11 is 0. The van der Waals surface area contributed by atoms with Crippen LogP contribution in [-0.4, -0.2) is 57.9 Å². The quantitative estimate of drug-likeness (QED) is 0.708. The van der Waals surface area contributed by atoms with Crippen molar-refractivity contribution < 1.29 is 24.5 Å². The first-order chi connectivity index (χ1) is 13.5. The lowest BCUT2D eigenvalue weighted by molar-refractivity contribution is 0.00603. The average molecular weight is 380 g/mol. The van der Waals surface area contributed by atoms with E-state index in [4.69, 9.17) is 4.74 Å². The Morgan fingerprint density at radius 1 is 1.14 bits per heavy atom. The number of β-amino-alcohol motifs (C(OH)–C–C–N with tert-alkyl or cyclic N) is 1. The van der Waals surface area contributed by atoms with Crippen molar-refractivity contribution in [3.63, 3.8) is 0 Å². The summed E-state index contributed by atoms with van der Waals surface area (Å²) in [6, 6.07) is 14.2. The number of hydrogen-bond donors (Lipinski definition) is 2. The van der Waals surface area contributed by atoms with Gasteiger partial charge in [-0.05, 0) is 35.9 Å². The molecule has 4 rings (SSSR count). The molecule has 2 N–H and O–H groups in total.